The molecule has 0 spiro atoms. The van der Waals surface area contributed by atoms with Crippen LogP contribution in [0.2, 0.25) is 0 Å². The van der Waals surface area contributed by atoms with Gasteiger partial charge >= 0.3 is 0 Å². The molecule has 106 valence electrons. The van der Waals surface area contributed by atoms with E-state index in [-0.39, 0.29) is 5.91 Å². The molecule has 2 rings (SSSR count). The van der Waals surface area contributed by atoms with Crippen LogP contribution in [0.1, 0.15) is 34.1 Å². The number of carbonyl (C=O) groups excluding carboxylic acids is 3. The lowest BCUT2D eigenvalue weighted by Gasteiger charge is -2.21. The molecule has 0 radical (unpaired) electrons. The molecule has 1 atom stereocenters. The van der Waals surface area contributed by atoms with Crippen LogP contribution in [0.4, 0.5) is 0 Å². The standard InChI is InChI=1S/C14H17N3O3/c1-9(12(18)16-8-4-7-15)17-13(19)10-5-2-3-6-11(10)14(17)20/h2-3,5-6,9H,4,7-8,15H2,1H3,(H,16,18). The highest BCUT2D eigenvalue weighted by molar-refractivity contribution is 6.22. The molecule has 3 amide bonds. The Morgan fingerprint density at radius 3 is 2.30 bits per heavy atom. The molecular weight excluding hydrogens is 258 g/mol. The van der Waals surface area contributed by atoms with Gasteiger partial charge in [-0.15, -0.1) is 0 Å². The van der Waals surface area contributed by atoms with Crippen LogP contribution >= 0.6 is 0 Å². The van der Waals surface area contributed by atoms with E-state index in [4.69, 9.17) is 5.73 Å². The lowest BCUT2D eigenvalue weighted by Crippen LogP contribution is -2.48. The van der Waals surface area contributed by atoms with Crippen LogP contribution in [0.15, 0.2) is 24.3 Å². The molecule has 0 fully saturated rings. The third-order valence-electron chi connectivity index (χ3n) is 3.27. The fourth-order valence-corrected chi connectivity index (χ4v) is 2.14. The van der Waals surface area contributed by atoms with E-state index >= 15 is 0 Å². The summed E-state index contributed by atoms with van der Waals surface area (Å²) < 4.78 is 0. The Morgan fingerprint density at radius 1 is 1.25 bits per heavy atom. The van der Waals surface area contributed by atoms with Crippen molar-refractivity contribution in [1.82, 2.24) is 10.2 Å². The first kappa shape index (κ1) is 14.2. The van der Waals surface area contributed by atoms with Gasteiger partial charge in [-0.2, -0.15) is 0 Å². The summed E-state index contributed by atoms with van der Waals surface area (Å²) in [6.45, 7) is 2.45. The minimum absolute atomic E-state index is 0.346. The molecule has 1 aromatic rings. The van der Waals surface area contributed by atoms with Crippen molar-refractivity contribution in [2.24, 2.45) is 5.73 Å². The van der Waals surface area contributed by atoms with Crippen LogP contribution in [0, 0.1) is 0 Å². The van der Waals surface area contributed by atoms with Crippen molar-refractivity contribution in [3.05, 3.63) is 35.4 Å². The summed E-state index contributed by atoms with van der Waals surface area (Å²) in [7, 11) is 0. The minimum atomic E-state index is -0.833. The molecule has 1 aromatic carbocycles. The van der Waals surface area contributed by atoms with Crippen LogP contribution in [0.25, 0.3) is 0 Å². The van der Waals surface area contributed by atoms with Gasteiger partial charge in [0.05, 0.1) is 11.1 Å². The lowest BCUT2D eigenvalue weighted by molar-refractivity contribution is -0.124. The van der Waals surface area contributed by atoms with E-state index in [1.54, 1.807) is 31.2 Å². The molecule has 1 heterocycles. The number of nitrogens with one attached hydrogen (secondary N) is 1. The van der Waals surface area contributed by atoms with Crippen LogP contribution in [0.3, 0.4) is 0 Å². The molecule has 0 aromatic heterocycles. The Morgan fingerprint density at radius 2 is 1.80 bits per heavy atom. The van der Waals surface area contributed by atoms with E-state index < -0.39 is 17.9 Å². The summed E-state index contributed by atoms with van der Waals surface area (Å²) >= 11 is 0. The van der Waals surface area contributed by atoms with E-state index in [9.17, 15) is 14.4 Å². The van der Waals surface area contributed by atoms with Crippen molar-refractivity contribution in [2.75, 3.05) is 13.1 Å². The van der Waals surface area contributed by atoms with Crippen LogP contribution in [-0.4, -0.2) is 41.8 Å². The van der Waals surface area contributed by atoms with Crippen molar-refractivity contribution in [1.29, 1.82) is 0 Å². The molecule has 1 aliphatic rings. The first-order chi connectivity index (χ1) is 9.57. The second-order valence-electron chi connectivity index (χ2n) is 4.64. The van der Waals surface area contributed by atoms with Gasteiger partial charge in [-0.05, 0) is 32.0 Å². The Balaban J connectivity index is 2.13. The van der Waals surface area contributed by atoms with Gasteiger partial charge in [0, 0.05) is 6.54 Å². The highest BCUT2D eigenvalue weighted by Crippen LogP contribution is 2.24. The van der Waals surface area contributed by atoms with Gasteiger partial charge < -0.3 is 11.1 Å². The monoisotopic (exact) mass is 275 g/mol. The van der Waals surface area contributed by atoms with Crippen LogP contribution in [-0.2, 0) is 4.79 Å². The van der Waals surface area contributed by atoms with Crippen molar-refractivity contribution in [3.63, 3.8) is 0 Å². The Kier molecular flexibility index (Phi) is 4.14. The Hall–Kier alpha value is -2.21. The highest BCUT2D eigenvalue weighted by Gasteiger charge is 2.40. The van der Waals surface area contributed by atoms with Crippen molar-refractivity contribution in [2.45, 2.75) is 19.4 Å². The van der Waals surface area contributed by atoms with Crippen molar-refractivity contribution in [3.8, 4) is 0 Å². The van der Waals surface area contributed by atoms with Crippen molar-refractivity contribution >= 4 is 17.7 Å². The Bertz CT molecular complexity index is 521. The normalized spacial score (nSPS) is 15.2. The molecular formula is C14H17N3O3. The van der Waals surface area contributed by atoms with Gasteiger partial charge in [-0.3, -0.25) is 19.3 Å². The number of benzene rings is 1. The molecule has 0 bridgehead atoms. The molecule has 1 aliphatic heterocycles. The van der Waals surface area contributed by atoms with E-state index in [1.165, 1.54) is 0 Å². The molecule has 0 saturated carbocycles. The number of carbonyl (C=O) groups is 3. The van der Waals surface area contributed by atoms with Gasteiger partial charge in [0.15, 0.2) is 0 Å². The van der Waals surface area contributed by atoms with Crippen LogP contribution < -0.4 is 11.1 Å². The first-order valence-electron chi connectivity index (χ1n) is 6.52. The van der Waals surface area contributed by atoms with Crippen molar-refractivity contribution < 1.29 is 14.4 Å². The molecule has 6 nitrogen and oxygen atoms in total. The van der Waals surface area contributed by atoms with Crippen LogP contribution in [0.5, 0.6) is 0 Å². The topological polar surface area (TPSA) is 92.5 Å². The predicted octanol–water partition coefficient (Wildman–Crippen LogP) is 0.136. The third-order valence-corrected chi connectivity index (χ3v) is 3.27. The SMILES string of the molecule is CC(C(=O)NCCCN)N1C(=O)c2ccccc2C1=O. The zero-order valence-electron chi connectivity index (χ0n) is 11.3. The van der Waals surface area contributed by atoms with Gasteiger partial charge in [0.2, 0.25) is 5.91 Å². The summed E-state index contributed by atoms with van der Waals surface area (Å²) in [4.78, 5) is 37.3. The molecule has 0 saturated heterocycles. The number of imide groups is 1. The number of amides is 3. The third kappa shape index (κ3) is 2.42. The second kappa shape index (κ2) is 5.83. The number of rotatable bonds is 5. The second-order valence-corrected chi connectivity index (χ2v) is 4.64. The number of hydrogen-bond donors (Lipinski definition) is 2. The fourth-order valence-electron chi connectivity index (χ4n) is 2.14. The molecule has 6 heteroatoms. The smallest absolute Gasteiger partial charge is 0.262 e. The lowest BCUT2D eigenvalue weighted by atomic mass is 10.1. The van der Waals surface area contributed by atoms with E-state index in [2.05, 4.69) is 5.32 Å². The number of nitrogens with zero attached hydrogens (tertiary/aromatic N) is 1. The number of hydrogen-bond acceptors (Lipinski definition) is 4. The average molecular weight is 275 g/mol. The quantitative estimate of drug-likeness (QED) is 0.590. The molecule has 1 unspecified atom stereocenters. The molecule has 3 N–H and O–H groups in total. The van der Waals surface area contributed by atoms with E-state index in [1.807, 2.05) is 0 Å². The fraction of sp³-hybridized carbons (Fsp3) is 0.357. The van der Waals surface area contributed by atoms with Gasteiger partial charge in [-0.1, -0.05) is 12.1 Å². The summed E-state index contributed by atoms with van der Waals surface area (Å²) in [6, 6.07) is 5.74. The zero-order chi connectivity index (χ0) is 14.7. The summed E-state index contributed by atoms with van der Waals surface area (Å²) in [6.07, 6.45) is 0.653. The van der Waals surface area contributed by atoms with Gasteiger partial charge in [0.25, 0.3) is 11.8 Å². The largest absolute Gasteiger partial charge is 0.354 e. The number of nitrogens with two attached hydrogens (primary N) is 1. The maximum Gasteiger partial charge on any atom is 0.262 e. The minimum Gasteiger partial charge on any atom is -0.354 e. The molecule has 0 aliphatic carbocycles. The summed E-state index contributed by atoms with van der Waals surface area (Å²) in [5.41, 5.74) is 6.04. The maximum absolute atomic E-state index is 12.2. The summed E-state index contributed by atoms with van der Waals surface area (Å²) in [5.74, 6) is -1.20. The molecule has 20 heavy (non-hydrogen) atoms. The zero-order valence-corrected chi connectivity index (χ0v) is 11.3. The number of fused-ring (bicyclic) bond motifs is 1. The summed E-state index contributed by atoms with van der Waals surface area (Å²) in [5, 5.41) is 2.66. The Labute approximate surface area is 116 Å². The van der Waals surface area contributed by atoms with E-state index in [0.717, 1.165) is 4.90 Å². The van der Waals surface area contributed by atoms with E-state index in [0.29, 0.717) is 30.6 Å². The maximum atomic E-state index is 12.2. The highest BCUT2D eigenvalue weighted by atomic mass is 16.2. The first-order valence-corrected chi connectivity index (χ1v) is 6.52. The van der Waals surface area contributed by atoms with Gasteiger partial charge in [0.1, 0.15) is 6.04 Å². The predicted molar refractivity (Wildman–Crippen MR) is 73.1 cm³/mol. The average Bonchev–Trinajstić information content (AvgIpc) is 2.71. The van der Waals surface area contributed by atoms with Gasteiger partial charge in [-0.25, -0.2) is 0 Å².